The van der Waals surface area contributed by atoms with E-state index in [4.69, 9.17) is 11.6 Å². The first kappa shape index (κ1) is 15.9. The summed E-state index contributed by atoms with van der Waals surface area (Å²) in [5.74, 6) is 0.825. The molecule has 5 heteroatoms. The molecular weight excluding hydrogens is 324 g/mol. The Morgan fingerprint density at radius 3 is 2.54 bits per heavy atom. The molecule has 1 aliphatic carbocycles. The van der Waals surface area contributed by atoms with Crippen LogP contribution in [0.25, 0.3) is 0 Å². The second kappa shape index (κ2) is 6.40. The zero-order valence-electron chi connectivity index (χ0n) is 13.8. The van der Waals surface area contributed by atoms with Gasteiger partial charge in [0.2, 0.25) is 11.8 Å². The summed E-state index contributed by atoms with van der Waals surface area (Å²) < 4.78 is 0. The maximum atomic E-state index is 12.8. The van der Waals surface area contributed by atoms with Gasteiger partial charge < -0.3 is 9.80 Å². The van der Waals surface area contributed by atoms with Crippen molar-refractivity contribution in [3.63, 3.8) is 0 Å². The Hall–Kier alpha value is -1.55. The number of hydrogen-bond donors (Lipinski definition) is 0. The van der Waals surface area contributed by atoms with Gasteiger partial charge in [0, 0.05) is 17.6 Å². The first-order valence-corrected chi connectivity index (χ1v) is 9.36. The second-order valence-corrected chi connectivity index (χ2v) is 7.71. The third-order valence-electron chi connectivity index (χ3n) is 5.90. The summed E-state index contributed by atoms with van der Waals surface area (Å²) in [6.45, 7) is 1.03. The summed E-state index contributed by atoms with van der Waals surface area (Å²) in [4.78, 5) is 28.7. The number of benzene rings is 1. The molecule has 1 saturated carbocycles. The molecule has 2 amide bonds. The number of rotatable bonds is 2. The third kappa shape index (κ3) is 2.81. The monoisotopic (exact) mass is 346 g/mol. The van der Waals surface area contributed by atoms with E-state index in [9.17, 15) is 9.59 Å². The number of hydrogen-bond acceptors (Lipinski definition) is 2. The highest BCUT2D eigenvalue weighted by atomic mass is 35.5. The van der Waals surface area contributed by atoms with Crippen molar-refractivity contribution in [2.24, 2.45) is 0 Å². The summed E-state index contributed by atoms with van der Waals surface area (Å²) in [5.41, 5.74) is 1.30. The van der Waals surface area contributed by atoms with E-state index in [1.54, 1.807) is 4.90 Å². The molecule has 2 aliphatic heterocycles. The van der Waals surface area contributed by atoms with Crippen LogP contribution in [0.5, 0.6) is 0 Å². The van der Waals surface area contributed by atoms with E-state index in [0.29, 0.717) is 5.92 Å². The van der Waals surface area contributed by atoms with Crippen molar-refractivity contribution in [3.05, 3.63) is 34.9 Å². The molecule has 3 aliphatic rings. The number of amides is 2. The normalized spacial score (nSPS) is 30.6. The van der Waals surface area contributed by atoms with E-state index in [1.807, 2.05) is 17.0 Å². The molecule has 0 bridgehead atoms. The molecule has 0 aromatic heterocycles. The fraction of sp³-hybridized carbons (Fsp3) is 0.579. The average molecular weight is 347 g/mol. The molecule has 1 aromatic carbocycles. The zero-order valence-corrected chi connectivity index (χ0v) is 14.5. The van der Waals surface area contributed by atoms with E-state index in [1.165, 1.54) is 5.56 Å². The Kier molecular flexibility index (Phi) is 4.25. The number of fused-ring (bicyclic) bond motifs is 1. The fourth-order valence-corrected chi connectivity index (χ4v) is 4.82. The average Bonchev–Trinajstić information content (AvgIpc) is 3.09. The van der Waals surface area contributed by atoms with Gasteiger partial charge in [-0.15, -0.1) is 0 Å². The maximum absolute atomic E-state index is 12.8. The summed E-state index contributed by atoms with van der Waals surface area (Å²) in [6, 6.07) is 8.14. The van der Waals surface area contributed by atoms with E-state index in [-0.39, 0.29) is 30.4 Å². The van der Waals surface area contributed by atoms with Gasteiger partial charge in [-0.25, -0.2) is 0 Å². The van der Waals surface area contributed by atoms with Crippen LogP contribution in [-0.2, 0) is 9.59 Å². The van der Waals surface area contributed by atoms with E-state index in [0.717, 1.165) is 50.1 Å². The molecule has 4 nitrogen and oxygen atoms in total. The number of carbonyl (C=O) groups excluding carboxylic acids is 2. The van der Waals surface area contributed by atoms with Crippen molar-refractivity contribution in [2.75, 3.05) is 13.1 Å². The Labute approximate surface area is 147 Å². The molecule has 0 N–H and O–H groups in total. The summed E-state index contributed by atoms with van der Waals surface area (Å²) in [6.07, 6.45) is 5.84. The Bertz CT molecular complexity index is 655. The van der Waals surface area contributed by atoms with Crippen molar-refractivity contribution < 1.29 is 9.59 Å². The van der Waals surface area contributed by atoms with Crippen molar-refractivity contribution in [3.8, 4) is 0 Å². The molecule has 4 rings (SSSR count). The van der Waals surface area contributed by atoms with Crippen LogP contribution < -0.4 is 0 Å². The lowest BCUT2D eigenvalue weighted by atomic mass is 9.81. The van der Waals surface area contributed by atoms with Crippen molar-refractivity contribution in [2.45, 2.75) is 56.5 Å². The predicted molar refractivity (Wildman–Crippen MR) is 92.9 cm³/mol. The van der Waals surface area contributed by atoms with Crippen LogP contribution in [0.15, 0.2) is 24.3 Å². The smallest absolute Gasteiger partial charge is 0.246 e. The lowest BCUT2D eigenvalue weighted by Crippen LogP contribution is -2.60. The third-order valence-corrected chi connectivity index (χ3v) is 6.14. The van der Waals surface area contributed by atoms with Crippen LogP contribution in [0.1, 0.15) is 50.0 Å². The minimum absolute atomic E-state index is 0.133. The molecule has 1 atom stereocenters. The molecular formula is C19H23ClN2O2. The van der Waals surface area contributed by atoms with Crippen molar-refractivity contribution in [1.29, 1.82) is 0 Å². The number of carbonyl (C=O) groups is 2. The predicted octanol–water partition coefficient (Wildman–Crippen LogP) is 3.20. The maximum Gasteiger partial charge on any atom is 0.246 e. The Morgan fingerprint density at radius 1 is 1.00 bits per heavy atom. The van der Waals surface area contributed by atoms with Crippen LogP contribution in [0.2, 0.25) is 5.02 Å². The summed E-state index contributed by atoms with van der Waals surface area (Å²) in [7, 11) is 0. The SMILES string of the molecule is O=C1[C@@H]2CCCN2C(=O)CN1C1CCC(c2cccc(Cl)c2)CC1. The van der Waals surface area contributed by atoms with Gasteiger partial charge in [-0.1, -0.05) is 23.7 Å². The second-order valence-electron chi connectivity index (χ2n) is 7.27. The highest BCUT2D eigenvalue weighted by molar-refractivity contribution is 6.30. The Morgan fingerprint density at radius 2 is 1.79 bits per heavy atom. The molecule has 2 heterocycles. The van der Waals surface area contributed by atoms with E-state index in [2.05, 4.69) is 12.1 Å². The van der Waals surface area contributed by atoms with Gasteiger partial charge in [0.15, 0.2) is 0 Å². The summed E-state index contributed by atoms with van der Waals surface area (Å²) in [5, 5.41) is 0.785. The highest BCUT2D eigenvalue weighted by Gasteiger charge is 2.44. The topological polar surface area (TPSA) is 40.6 Å². The first-order chi connectivity index (χ1) is 11.6. The number of piperazine rings is 1. The van der Waals surface area contributed by atoms with Crippen LogP contribution >= 0.6 is 11.6 Å². The number of halogens is 1. The van der Waals surface area contributed by atoms with Gasteiger partial charge in [0.1, 0.15) is 12.6 Å². The molecule has 0 radical (unpaired) electrons. The molecule has 0 spiro atoms. The molecule has 3 fully saturated rings. The summed E-state index contributed by atoms with van der Waals surface area (Å²) >= 11 is 6.11. The number of nitrogens with zero attached hydrogens (tertiary/aromatic N) is 2. The lowest BCUT2D eigenvalue weighted by Gasteiger charge is -2.43. The largest absolute Gasteiger partial charge is 0.329 e. The Balaban J connectivity index is 1.42. The lowest BCUT2D eigenvalue weighted by molar-refractivity contribution is -0.156. The standard InChI is InChI=1S/C19H23ClN2O2/c20-15-4-1-3-14(11-15)13-6-8-16(9-7-13)22-12-18(23)21-10-2-5-17(21)19(22)24/h1,3-4,11,13,16-17H,2,5-10,12H2/t13?,16?,17-/m0/s1. The van der Waals surface area contributed by atoms with Crippen LogP contribution in [-0.4, -0.2) is 46.8 Å². The van der Waals surface area contributed by atoms with Gasteiger partial charge >= 0.3 is 0 Å². The van der Waals surface area contributed by atoms with Gasteiger partial charge in [-0.3, -0.25) is 9.59 Å². The molecule has 2 saturated heterocycles. The molecule has 128 valence electrons. The highest BCUT2D eigenvalue weighted by Crippen LogP contribution is 2.37. The van der Waals surface area contributed by atoms with Crippen molar-refractivity contribution in [1.82, 2.24) is 9.80 Å². The molecule has 0 unspecified atom stereocenters. The quantitative estimate of drug-likeness (QED) is 0.825. The zero-order chi connectivity index (χ0) is 16.7. The van der Waals surface area contributed by atoms with E-state index >= 15 is 0 Å². The van der Waals surface area contributed by atoms with Crippen molar-refractivity contribution >= 4 is 23.4 Å². The van der Waals surface area contributed by atoms with Gasteiger partial charge in [0.25, 0.3) is 0 Å². The van der Waals surface area contributed by atoms with Gasteiger partial charge in [-0.2, -0.15) is 0 Å². The molecule has 24 heavy (non-hydrogen) atoms. The van der Waals surface area contributed by atoms with Gasteiger partial charge in [0.05, 0.1) is 0 Å². The van der Waals surface area contributed by atoms with Crippen LogP contribution in [0.3, 0.4) is 0 Å². The fourth-order valence-electron chi connectivity index (χ4n) is 4.62. The minimum atomic E-state index is -0.183. The van der Waals surface area contributed by atoms with Gasteiger partial charge in [-0.05, 0) is 62.1 Å². The van der Waals surface area contributed by atoms with Crippen LogP contribution in [0.4, 0.5) is 0 Å². The minimum Gasteiger partial charge on any atom is -0.329 e. The van der Waals surface area contributed by atoms with E-state index < -0.39 is 0 Å². The van der Waals surface area contributed by atoms with Crippen LogP contribution in [0, 0.1) is 0 Å². The molecule has 1 aromatic rings. The first-order valence-electron chi connectivity index (χ1n) is 8.99.